The topological polar surface area (TPSA) is 98.2 Å². The van der Waals surface area contributed by atoms with Gasteiger partial charge in [0.2, 0.25) is 0 Å². The number of methoxy groups -OCH3 is 1. The number of pyridine rings is 1. The SMILES string of the molecule is COc1ccc(-n2c(C)cc(/C=C(\C#N)C(=O)N3CCN(c4ncccc4C#N)CC3)c2C)cc1. The number of ether oxygens (including phenoxy) is 1. The van der Waals surface area contributed by atoms with Crippen molar-refractivity contribution in [3.8, 4) is 23.6 Å². The van der Waals surface area contributed by atoms with Gasteiger partial charge in [-0.1, -0.05) is 0 Å². The van der Waals surface area contributed by atoms with Crippen molar-refractivity contribution in [3.63, 3.8) is 0 Å². The molecule has 4 rings (SSSR count). The predicted molar refractivity (Wildman–Crippen MR) is 133 cm³/mol. The number of benzene rings is 1. The molecule has 176 valence electrons. The van der Waals surface area contributed by atoms with Gasteiger partial charge in [0.15, 0.2) is 0 Å². The van der Waals surface area contributed by atoms with Crippen LogP contribution < -0.4 is 9.64 Å². The summed E-state index contributed by atoms with van der Waals surface area (Å²) in [6.07, 6.45) is 3.33. The first-order valence-corrected chi connectivity index (χ1v) is 11.3. The second kappa shape index (κ2) is 10.1. The van der Waals surface area contributed by atoms with Crippen LogP contribution in [0.3, 0.4) is 0 Å². The molecule has 1 saturated heterocycles. The van der Waals surface area contributed by atoms with E-state index in [-0.39, 0.29) is 11.5 Å². The van der Waals surface area contributed by atoms with Crippen LogP contribution in [-0.4, -0.2) is 53.6 Å². The van der Waals surface area contributed by atoms with Crippen molar-refractivity contribution in [2.24, 2.45) is 0 Å². The third-order valence-corrected chi connectivity index (χ3v) is 6.23. The molecule has 0 atom stereocenters. The minimum atomic E-state index is -0.289. The summed E-state index contributed by atoms with van der Waals surface area (Å²) >= 11 is 0. The Labute approximate surface area is 204 Å². The van der Waals surface area contributed by atoms with Gasteiger partial charge >= 0.3 is 0 Å². The van der Waals surface area contributed by atoms with Crippen molar-refractivity contribution < 1.29 is 9.53 Å². The second-order valence-corrected chi connectivity index (χ2v) is 8.30. The number of carbonyl (C=O) groups is 1. The number of nitrogens with zero attached hydrogens (tertiary/aromatic N) is 6. The maximum absolute atomic E-state index is 13.2. The van der Waals surface area contributed by atoms with Gasteiger partial charge in [-0.15, -0.1) is 0 Å². The lowest BCUT2D eigenvalue weighted by molar-refractivity contribution is -0.126. The largest absolute Gasteiger partial charge is 0.497 e. The third kappa shape index (κ3) is 4.73. The molecule has 3 heterocycles. The van der Waals surface area contributed by atoms with Gasteiger partial charge in [-0.25, -0.2) is 4.98 Å². The lowest BCUT2D eigenvalue weighted by atomic mass is 10.1. The normalized spacial score (nSPS) is 13.8. The van der Waals surface area contributed by atoms with Crippen LogP contribution in [0.1, 0.15) is 22.5 Å². The molecule has 1 aromatic carbocycles. The molecule has 1 aliphatic heterocycles. The molecule has 1 fully saturated rings. The average molecular weight is 467 g/mol. The number of amides is 1. The van der Waals surface area contributed by atoms with E-state index in [2.05, 4.69) is 21.7 Å². The molecule has 0 unspecified atom stereocenters. The highest BCUT2D eigenvalue weighted by Crippen LogP contribution is 2.25. The van der Waals surface area contributed by atoms with Crippen molar-refractivity contribution >= 4 is 17.8 Å². The molecule has 1 amide bonds. The molecule has 0 radical (unpaired) electrons. The van der Waals surface area contributed by atoms with Crippen LogP contribution in [0, 0.1) is 36.5 Å². The van der Waals surface area contributed by atoms with E-state index in [1.807, 2.05) is 49.1 Å². The Hall–Kier alpha value is -4.56. The molecule has 8 heteroatoms. The summed E-state index contributed by atoms with van der Waals surface area (Å²) in [4.78, 5) is 21.2. The van der Waals surface area contributed by atoms with Crippen molar-refractivity contribution in [1.29, 1.82) is 10.5 Å². The van der Waals surface area contributed by atoms with Crippen LogP contribution in [-0.2, 0) is 4.79 Å². The third-order valence-electron chi connectivity index (χ3n) is 6.23. The molecule has 1 aliphatic rings. The summed E-state index contributed by atoms with van der Waals surface area (Å²) in [5.74, 6) is 1.12. The molecule has 0 saturated carbocycles. The van der Waals surface area contributed by atoms with Crippen molar-refractivity contribution in [1.82, 2.24) is 14.5 Å². The number of nitriles is 2. The second-order valence-electron chi connectivity index (χ2n) is 8.30. The fourth-order valence-electron chi connectivity index (χ4n) is 4.39. The molecule has 0 spiro atoms. The Morgan fingerprint density at radius 2 is 1.80 bits per heavy atom. The lowest BCUT2D eigenvalue weighted by Crippen LogP contribution is -2.49. The molecule has 0 aliphatic carbocycles. The predicted octanol–water partition coefficient (Wildman–Crippen LogP) is 3.63. The van der Waals surface area contributed by atoms with Gasteiger partial charge in [-0.05, 0) is 68.0 Å². The molecular formula is C27H26N6O2. The number of piperazine rings is 1. The van der Waals surface area contributed by atoms with E-state index in [1.165, 1.54) is 0 Å². The van der Waals surface area contributed by atoms with E-state index in [9.17, 15) is 15.3 Å². The Morgan fingerprint density at radius 3 is 2.43 bits per heavy atom. The first-order chi connectivity index (χ1) is 17.0. The van der Waals surface area contributed by atoms with Gasteiger partial charge in [0.05, 0.1) is 12.7 Å². The van der Waals surface area contributed by atoms with Crippen molar-refractivity contribution in [3.05, 3.63) is 76.7 Å². The maximum Gasteiger partial charge on any atom is 0.264 e. The summed E-state index contributed by atoms with van der Waals surface area (Å²) in [5, 5.41) is 19.1. The molecule has 3 aromatic rings. The van der Waals surface area contributed by atoms with E-state index >= 15 is 0 Å². The fourth-order valence-corrected chi connectivity index (χ4v) is 4.39. The summed E-state index contributed by atoms with van der Waals surface area (Å²) < 4.78 is 7.33. The van der Waals surface area contributed by atoms with Crippen LogP contribution in [0.4, 0.5) is 5.82 Å². The first kappa shape index (κ1) is 23.6. The smallest absolute Gasteiger partial charge is 0.264 e. The Bertz CT molecular complexity index is 1350. The summed E-state index contributed by atoms with van der Waals surface area (Å²) in [5.41, 5.74) is 4.36. The number of carbonyl (C=O) groups excluding carboxylic acids is 1. The molecule has 8 nitrogen and oxygen atoms in total. The Morgan fingerprint density at radius 1 is 1.09 bits per heavy atom. The molecule has 2 aromatic heterocycles. The van der Waals surface area contributed by atoms with Gasteiger partial charge in [-0.3, -0.25) is 4.79 Å². The number of aryl methyl sites for hydroxylation is 1. The number of rotatable bonds is 5. The molecule has 0 bridgehead atoms. The van der Waals surface area contributed by atoms with Crippen LogP contribution in [0.2, 0.25) is 0 Å². The van der Waals surface area contributed by atoms with Gasteiger partial charge in [-0.2, -0.15) is 10.5 Å². The van der Waals surface area contributed by atoms with E-state index in [4.69, 9.17) is 4.74 Å². The van der Waals surface area contributed by atoms with E-state index in [0.717, 1.165) is 28.4 Å². The van der Waals surface area contributed by atoms with Gasteiger partial charge < -0.3 is 19.1 Å². The average Bonchev–Trinajstić information content (AvgIpc) is 3.19. The van der Waals surface area contributed by atoms with Crippen LogP contribution >= 0.6 is 0 Å². The zero-order chi connectivity index (χ0) is 24.9. The zero-order valence-corrected chi connectivity index (χ0v) is 20.0. The van der Waals surface area contributed by atoms with Crippen LogP contribution in [0.25, 0.3) is 11.8 Å². The fraction of sp³-hybridized carbons (Fsp3) is 0.259. The minimum Gasteiger partial charge on any atom is -0.497 e. The van der Waals surface area contributed by atoms with Gasteiger partial charge in [0.1, 0.15) is 29.3 Å². The summed E-state index contributed by atoms with van der Waals surface area (Å²) in [7, 11) is 1.63. The first-order valence-electron chi connectivity index (χ1n) is 11.3. The summed E-state index contributed by atoms with van der Waals surface area (Å²) in [6.45, 7) is 5.95. The quantitative estimate of drug-likeness (QED) is 0.421. The zero-order valence-electron chi connectivity index (χ0n) is 20.0. The van der Waals surface area contributed by atoms with Crippen molar-refractivity contribution in [2.45, 2.75) is 13.8 Å². The standard InChI is InChI=1S/C27H26N6O2/c1-19-15-22(20(2)33(19)24-6-8-25(35-3)9-7-24)16-23(18-29)27(34)32-13-11-31(12-14-32)26-21(17-28)5-4-10-30-26/h4-10,15-16H,11-14H2,1-3H3/b23-16+. The molecular weight excluding hydrogens is 440 g/mol. The van der Waals surface area contributed by atoms with Gasteiger partial charge in [0.25, 0.3) is 5.91 Å². The minimum absolute atomic E-state index is 0.101. The molecule has 35 heavy (non-hydrogen) atoms. The van der Waals surface area contributed by atoms with Crippen molar-refractivity contribution in [2.75, 3.05) is 38.2 Å². The highest BCUT2D eigenvalue weighted by molar-refractivity contribution is 6.02. The number of hydrogen-bond donors (Lipinski definition) is 0. The van der Waals surface area contributed by atoms with Gasteiger partial charge in [0, 0.05) is 49.5 Å². The lowest BCUT2D eigenvalue weighted by Gasteiger charge is -2.35. The molecule has 0 N–H and O–H groups in total. The number of hydrogen-bond acceptors (Lipinski definition) is 6. The number of aromatic nitrogens is 2. The maximum atomic E-state index is 13.2. The van der Waals surface area contributed by atoms with E-state index < -0.39 is 0 Å². The Kier molecular flexibility index (Phi) is 6.84. The summed E-state index contributed by atoms with van der Waals surface area (Å²) in [6, 6.07) is 17.5. The number of anilines is 1. The highest BCUT2D eigenvalue weighted by atomic mass is 16.5. The highest BCUT2D eigenvalue weighted by Gasteiger charge is 2.26. The van der Waals surface area contributed by atoms with E-state index in [0.29, 0.717) is 37.6 Å². The van der Waals surface area contributed by atoms with Crippen LogP contribution in [0.15, 0.2) is 54.2 Å². The van der Waals surface area contributed by atoms with E-state index in [1.54, 1.807) is 36.4 Å². The monoisotopic (exact) mass is 466 g/mol. The Balaban J connectivity index is 1.52. The van der Waals surface area contributed by atoms with Crippen LogP contribution in [0.5, 0.6) is 5.75 Å².